The molecule has 0 N–H and O–H groups in total. The molecular formula is C52H34N2O. The summed E-state index contributed by atoms with van der Waals surface area (Å²) in [7, 11) is 0. The number of furan rings is 1. The van der Waals surface area contributed by atoms with Crippen LogP contribution in [0.2, 0.25) is 0 Å². The van der Waals surface area contributed by atoms with Gasteiger partial charge in [0, 0.05) is 45.0 Å². The first-order chi connectivity index (χ1) is 27.0. The number of pyridine rings is 1. The molecule has 258 valence electrons. The predicted octanol–water partition coefficient (Wildman–Crippen LogP) is 14.4. The van der Waals surface area contributed by atoms with Crippen LogP contribution in [0.5, 0.6) is 0 Å². The molecule has 0 spiro atoms. The van der Waals surface area contributed by atoms with Crippen LogP contribution in [0.15, 0.2) is 174 Å². The number of para-hydroxylation sites is 1. The Hall–Kier alpha value is -6.97. The monoisotopic (exact) mass is 702 g/mol. The molecule has 11 aromatic rings. The van der Waals surface area contributed by atoms with Gasteiger partial charge in [0.15, 0.2) is 0 Å². The normalized spacial score (nSPS) is 13.4. The lowest BCUT2D eigenvalue weighted by molar-refractivity contribution is 0.655. The van der Waals surface area contributed by atoms with Gasteiger partial charge in [0.05, 0.1) is 5.39 Å². The Kier molecular flexibility index (Phi) is 6.12. The molecule has 2 heterocycles. The highest BCUT2D eigenvalue weighted by Crippen LogP contribution is 2.51. The van der Waals surface area contributed by atoms with E-state index in [9.17, 15) is 0 Å². The molecule has 0 bridgehead atoms. The molecule has 12 rings (SSSR count). The molecule has 2 aromatic heterocycles. The van der Waals surface area contributed by atoms with E-state index in [-0.39, 0.29) is 5.41 Å². The molecule has 3 heteroatoms. The van der Waals surface area contributed by atoms with Gasteiger partial charge in [-0.3, -0.25) is 0 Å². The standard InChI is InChI=1S/C52H34N2O/c1-52(2)44-17-7-6-15-39(44)40-25-24-38(30-45(40)52)54(36-13-4-3-5-14-36)37-22-20-31(21-23-37)33-11-8-12-34(28-33)43-29-35-19-18-32-10-9-16-41-42-26-27-53-51-48(42)49(50(43)55-51)47(35)46(32)41/h3-30H,1-2H3. The average Bonchev–Trinajstić information content (AvgIpc) is 3.74. The van der Waals surface area contributed by atoms with E-state index in [1.807, 2.05) is 6.20 Å². The summed E-state index contributed by atoms with van der Waals surface area (Å²) in [5, 5.41) is 9.75. The van der Waals surface area contributed by atoms with E-state index in [0.717, 1.165) is 50.3 Å². The van der Waals surface area contributed by atoms with Crippen molar-refractivity contribution in [2.24, 2.45) is 0 Å². The van der Waals surface area contributed by atoms with Gasteiger partial charge < -0.3 is 9.32 Å². The molecular weight excluding hydrogens is 669 g/mol. The lowest BCUT2D eigenvalue weighted by Gasteiger charge is -2.28. The van der Waals surface area contributed by atoms with Crippen molar-refractivity contribution in [2.45, 2.75) is 19.3 Å². The minimum atomic E-state index is -0.0787. The molecule has 0 radical (unpaired) electrons. The number of fused-ring (bicyclic) bond motifs is 4. The third kappa shape index (κ3) is 4.24. The third-order valence-electron chi connectivity index (χ3n) is 12.2. The van der Waals surface area contributed by atoms with Gasteiger partial charge in [0.1, 0.15) is 5.58 Å². The van der Waals surface area contributed by atoms with Crippen molar-refractivity contribution in [3.63, 3.8) is 0 Å². The first-order valence-electron chi connectivity index (χ1n) is 19.0. The maximum Gasteiger partial charge on any atom is 0.227 e. The molecule has 9 aromatic carbocycles. The largest absolute Gasteiger partial charge is 0.437 e. The summed E-state index contributed by atoms with van der Waals surface area (Å²) in [6.07, 6.45) is 1.87. The Morgan fingerprint density at radius 2 is 1.18 bits per heavy atom. The van der Waals surface area contributed by atoms with Crippen LogP contribution in [0.3, 0.4) is 0 Å². The summed E-state index contributed by atoms with van der Waals surface area (Å²) >= 11 is 0. The topological polar surface area (TPSA) is 29.3 Å². The second-order valence-corrected chi connectivity index (χ2v) is 15.5. The Balaban J connectivity index is 0.965. The van der Waals surface area contributed by atoms with Gasteiger partial charge in [-0.1, -0.05) is 123 Å². The lowest BCUT2D eigenvalue weighted by Crippen LogP contribution is -2.16. The molecule has 55 heavy (non-hydrogen) atoms. The Morgan fingerprint density at radius 3 is 2.07 bits per heavy atom. The molecule has 0 saturated carbocycles. The van der Waals surface area contributed by atoms with Gasteiger partial charge >= 0.3 is 0 Å². The van der Waals surface area contributed by atoms with Crippen molar-refractivity contribution >= 4 is 71.4 Å². The van der Waals surface area contributed by atoms with E-state index >= 15 is 0 Å². The fourth-order valence-corrected chi connectivity index (χ4v) is 9.65. The summed E-state index contributed by atoms with van der Waals surface area (Å²) in [6.45, 7) is 4.68. The predicted molar refractivity (Wildman–Crippen MR) is 230 cm³/mol. The van der Waals surface area contributed by atoms with Crippen LogP contribution in [0.4, 0.5) is 17.1 Å². The van der Waals surface area contributed by atoms with Gasteiger partial charge in [-0.25, -0.2) is 4.98 Å². The molecule has 1 aliphatic carbocycles. The van der Waals surface area contributed by atoms with Crippen LogP contribution in [0.1, 0.15) is 25.0 Å². The first-order valence-corrected chi connectivity index (χ1v) is 19.0. The second-order valence-electron chi connectivity index (χ2n) is 15.5. The number of benzene rings is 9. The fourth-order valence-electron chi connectivity index (χ4n) is 9.65. The number of hydrogen-bond acceptors (Lipinski definition) is 3. The van der Waals surface area contributed by atoms with E-state index in [0.29, 0.717) is 5.71 Å². The molecule has 0 aliphatic heterocycles. The maximum atomic E-state index is 6.68. The van der Waals surface area contributed by atoms with E-state index < -0.39 is 0 Å². The SMILES string of the molecule is CC1(C)c2ccccc2-c2ccc(N(c3ccccc3)c3ccc(-c4cccc(-c5cc6ccc7cccc8c9ccnc%10oc5c(c%109)c6c78)c4)cc3)cc21. The minimum absolute atomic E-state index is 0.0787. The summed E-state index contributed by atoms with van der Waals surface area (Å²) in [5.74, 6) is 0. The molecule has 0 unspecified atom stereocenters. The van der Waals surface area contributed by atoms with Crippen molar-refractivity contribution in [3.05, 3.63) is 181 Å². The Labute approximate surface area is 318 Å². The van der Waals surface area contributed by atoms with Gasteiger partial charge in [-0.2, -0.15) is 0 Å². The number of hydrogen-bond donors (Lipinski definition) is 0. The summed E-state index contributed by atoms with van der Waals surface area (Å²) in [6, 6.07) is 59.9. The van der Waals surface area contributed by atoms with E-state index in [1.165, 1.54) is 60.0 Å². The van der Waals surface area contributed by atoms with Gasteiger partial charge in [-0.05, 0) is 120 Å². The minimum Gasteiger partial charge on any atom is -0.437 e. The quantitative estimate of drug-likeness (QED) is 0.132. The summed E-state index contributed by atoms with van der Waals surface area (Å²) < 4.78 is 6.68. The zero-order valence-electron chi connectivity index (χ0n) is 30.5. The van der Waals surface area contributed by atoms with Crippen LogP contribution < -0.4 is 4.90 Å². The van der Waals surface area contributed by atoms with Gasteiger partial charge in [0.2, 0.25) is 5.71 Å². The van der Waals surface area contributed by atoms with Crippen molar-refractivity contribution in [1.29, 1.82) is 0 Å². The molecule has 0 saturated heterocycles. The highest BCUT2D eigenvalue weighted by Gasteiger charge is 2.35. The second kappa shape index (κ2) is 11.0. The average molecular weight is 703 g/mol. The van der Waals surface area contributed by atoms with E-state index in [1.54, 1.807) is 0 Å². The smallest absolute Gasteiger partial charge is 0.227 e. The number of aromatic nitrogens is 1. The zero-order chi connectivity index (χ0) is 36.4. The number of anilines is 3. The number of nitrogens with zero attached hydrogens (tertiary/aromatic N) is 2. The van der Waals surface area contributed by atoms with Crippen LogP contribution in [0, 0.1) is 0 Å². The highest BCUT2D eigenvalue weighted by atomic mass is 16.3. The molecule has 1 aliphatic rings. The van der Waals surface area contributed by atoms with Crippen molar-refractivity contribution < 1.29 is 4.42 Å². The molecule has 3 nitrogen and oxygen atoms in total. The van der Waals surface area contributed by atoms with Gasteiger partial charge in [-0.15, -0.1) is 0 Å². The lowest BCUT2D eigenvalue weighted by atomic mass is 9.82. The van der Waals surface area contributed by atoms with Crippen LogP contribution in [0.25, 0.3) is 87.8 Å². The summed E-state index contributed by atoms with van der Waals surface area (Å²) in [5.41, 5.74) is 14.8. The van der Waals surface area contributed by atoms with Crippen molar-refractivity contribution in [2.75, 3.05) is 4.90 Å². The summed E-state index contributed by atoms with van der Waals surface area (Å²) in [4.78, 5) is 7.08. The fraction of sp³-hybridized carbons (Fsp3) is 0.0577. The van der Waals surface area contributed by atoms with Crippen molar-refractivity contribution in [3.8, 4) is 33.4 Å². The van der Waals surface area contributed by atoms with Crippen LogP contribution in [-0.4, -0.2) is 4.98 Å². The molecule has 0 atom stereocenters. The zero-order valence-corrected chi connectivity index (χ0v) is 30.5. The Bertz CT molecular complexity index is 3280. The highest BCUT2D eigenvalue weighted by molar-refractivity contribution is 6.40. The molecule has 0 amide bonds. The van der Waals surface area contributed by atoms with Crippen molar-refractivity contribution in [1.82, 2.24) is 4.98 Å². The Morgan fingerprint density at radius 1 is 0.455 bits per heavy atom. The van der Waals surface area contributed by atoms with Crippen LogP contribution >= 0.6 is 0 Å². The van der Waals surface area contributed by atoms with Gasteiger partial charge in [0.25, 0.3) is 0 Å². The first kappa shape index (κ1) is 30.5. The maximum absolute atomic E-state index is 6.68. The number of rotatable bonds is 5. The third-order valence-corrected chi connectivity index (χ3v) is 12.2. The van der Waals surface area contributed by atoms with E-state index in [4.69, 9.17) is 9.40 Å². The van der Waals surface area contributed by atoms with E-state index in [2.05, 4.69) is 183 Å². The molecule has 0 fully saturated rings. The van der Waals surface area contributed by atoms with Crippen LogP contribution in [-0.2, 0) is 5.41 Å².